The first kappa shape index (κ1) is 15.1. The van der Waals surface area contributed by atoms with Gasteiger partial charge in [0.1, 0.15) is 11.3 Å². The first-order valence-electron chi connectivity index (χ1n) is 7.27. The minimum atomic E-state index is -0.377. The van der Waals surface area contributed by atoms with E-state index in [1.54, 1.807) is 26.2 Å². The Morgan fingerprint density at radius 3 is 2.48 bits per heavy atom. The quantitative estimate of drug-likeness (QED) is 0.551. The van der Waals surface area contributed by atoms with Crippen LogP contribution in [0.2, 0.25) is 0 Å². The highest BCUT2D eigenvalue weighted by molar-refractivity contribution is 6.05. The van der Waals surface area contributed by atoms with E-state index in [0.717, 1.165) is 10.8 Å². The molecule has 1 heterocycles. The number of carbonyl (C=O) groups excluding carboxylic acids is 1. The SMILES string of the molecule is Cc1c(OCC(=O)N(C)C)ccc2c1oc(=O)c1ccccc12. The van der Waals surface area contributed by atoms with Crippen LogP contribution in [0.1, 0.15) is 5.56 Å². The minimum absolute atomic E-state index is 0.0584. The van der Waals surface area contributed by atoms with E-state index in [1.165, 1.54) is 4.90 Å². The van der Waals surface area contributed by atoms with E-state index < -0.39 is 0 Å². The highest BCUT2D eigenvalue weighted by atomic mass is 16.5. The summed E-state index contributed by atoms with van der Waals surface area (Å²) in [5.41, 5.74) is 0.818. The fourth-order valence-electron chi connectivity index (χ4n) is 2.49. The summed E-state index contributed by atoms with van der Waals surface area (Å²) in [6.07, 6.45) is 0. The molecule has 3 aromatic rings. The molecule has 0 spiro atoms. The molecule has 0 unspecified atom stereocenters. The lowest BCUT2D eigenvalue weighted by Gasteiger charge is -2.14. The zero-order chi connectivity index (χ0) is 16.6. The molecule has 0 fully saturated rings. The molecule has 0 saturated carbocycles. The maximum atomic E-state index is 12.1. The first-order valence-corrected chi connectivity index (χ1v) is 7.27. The molecule has 118 valence electrons. The van der Waals surface area contributed by atoms with Crippen molar-refractivity contribution in [2.45, 2.75) is 6.92 Å². The van der Waals surface area contributed by atoms with Crippen LogP contribution in [0.3, 0.4) is 0 Å². The van der Waals surface area contributed by atoms with Crippen LogP contribution in [0.25, 0.3) is 21.7 Å². The van der Waals surface area contributed by atoms with E-state index in [9.17, 15) is 9.59 Å². The molecule has 0 aliphatic carbocycles. The van der Waals surface area contributed by atoms with Gasteiger partial charge in [-0.3, -0.25) is 4.79 Å². The second-order valence-corrected chi connectivity index (χ2v) is 5.58. The van der Waals surface area contributed by atoms with Crippen molar-refractivity contribution in [1.29, 1.82) is 0 Å². The van der Waals surface area contributed by atoms with Gasteiger partial charge in [-0.15, -0.1) is 0 Å². The van der Waals surface area contributed by atoms with Gasteiger partial charge in [-0.25, -0.2) is 4.79 Å². The van der Waals surface area contributed by atoms with Gasteiger partial charge < -0.3 is 14.1 Å². The number of amides is 1. The maximum absolute atomic E-state index is 12.1. The molecule has 0 radical (unpaired) electrons. The largest absolute Gasteiger partial charge is 0.483 e. The van der Waals surface area contributed by atoms with Crippen LogP contribution in [0.4, 0.5) is 0 Å². The molecule has 23 heavy (non-hydrogen) atoms. The Morgan fingerprint density at radius 1 is 1.09 bits per heavy atom. The molecular formula is C18H17NO4. The van der Waals surface area contributed by atoms with Gasteiger partial charge in [0.05, 0.1) is 5.39 Å². The van der Waals surface area contributed by atoms with Crippen molar-refractivity contribution in [3.8, 4) is 5.75 Å². The summed E-state index contributed by atoms with van der Waals surface area (Å²) in [4.78, 5) is 25.3. The monoisotopic (exact) mass is 311 g/mol. The molecule has 2 aromatic carbocycles. The molecule has 1 aromatic heterocycles. The number of aryl methyl sites for hydroxylation is 1. The third-order valence-corrected chi connectivity index (χ3v) is 3.84. The van der Waals surface area contributed by atoms with Crippen LogP contribution in [-0.4, -0.2) is 31.5 Å². The van der Waals surface area contributed by atoms with E-state index in [0.29, 0.717) is 22.3 Å². The third-order valence-electron chi connectivity index (χ3n) is 3.84. The van der Waals surface area contributed by atoms with Crippen molar-refractivity contribution in [3.05, 3.63) is 52.4 Å². The van der Waals surface area contributed by atoms with Gasteiger partial charge in [-0.05, 0) is 30.5 Å². The van der Waals surface area contributed by atoms with Crippen LogP contribution in [0.15, 0.2) is 45.6 Å². The van der Waals surface area contributed by atoms with E-state index in [-0.39, 0.29) is 18.1 Å². The number of fused-ring (bicyclic) bond motifs is 3. The maximum Gasteiger partial charge on any atom is 0.344 e. The molecule has 0 aliphatic heterocycles. The van der Waals surface area contributed by atoms with Crippen LogP contribution in [-0.2, 0) is 4.79 Å². The highest BCUT2D eigenvalue weighted by Crippen LogP contribution is 2.30. The van der Waals surface area contributed by atoms with Gasteiger partial charge in [0, 0.05) is 25.0 Å². The standard InChI is InChI=1S/C18H17NO4/c1-11-15(22-10-16(20)19(2)3)9-8-13-12-6-4-5-7-14(12)18(21)23-17(11)13/h4-9H,10H2,1-3H3. The molecule has 0 aliphatic rings. The van der Waals surface area contributed by atoms with Gasteiger partial charge in [0.15, 0.2) is 6.61 Å². The second-order valence-electron chi connectivity index (χ2n) is 5.58. The van der Waals surface area contributed by atoms with Crippen LogP contribution >= 0.6 is 0 Å². The number of rotatable bonds is 3. The van der Waals surface area contributed by atoms with E-state index in [2.05, 4.69) is 0 Å². The van der Waals surface area contributed by atoms with Crippen molar-refractivity contribution >= 4 is 27.6 Å². The van der Waals surface area contributed by atoms with Crippen molar-refractivity contribution in [1.82, 2.24) is 4.90 Å². The van der Waals surface area contributed by atoms with E-state index in [1.807, 2.05) is 31.2 Å². The molecular weight excluding hydrogens is 294 g/mol. The summed E-state index contributed by atoms with van der Waals surface area (Å²) in [6, 6.07) is 11.0. The number of nitrogens with zero attached hydrogens (tertiary/aromatic N) is 1. The molecule has 3 rings (SSSR count). The molecule has 5 heteroatoms. The second kappa shape index (κ2) is 5.76. The Bertz CT molecular complexity index is 956. The Labute approximate surface area is 133 Å². The average Bonchev–Trinajstić information content (AvgIpc) is 2.55. The minimum Gasteiger partial charge on any atom is -0.483 e. The van der Waals surface area contributed by atoms with Crippen LogP contribution in [0, 0.1) is 6.92 Å². The normalized spacial score (nSPS) is 10.9. The number of ether oxygens (including phenoxy) is 1. The Morgan fingerprint density at radius 2 is 1.78 bits per heavy atom. The van der Waals surface area contributed by atoms with E-state index in [4.69, 9.17) is 9.15 Å². The first-order chi connectivity index (χ1) is 11.0. The molecule has 0 N–H and O–H groups in total. The summed E-state index contributed by atoms with van der Waals surface area (Å²) in [5.74, 6) is 0.399. The fraction of sp³-hybridized carbons (Fsp3) is 0.222. The van der Waals surface area contributed by atoms with Crippen molar-refractivity contribution in [2.24, 2.45) is 0 Å². The van der Waals surface area contributed by atoms with Gasteiger partial charge in [-0.2, -0.15) is 0 Å². The Hall–Kier alpha value is -2.82. The third kappa shape index (κ3) is 2.65. The summed E-state index contributed by atoms with van der Waals surface area (Å²) in [6.45, 7) is 1.76. The summed E-state index contributed by atoms with van der Waals surface area (Å²) >= 11 is 0. The van der Waals surface area contributed by atoms with Gasteiger partial charge in [0.25, 0.3) is 5.91 Å². The number of hydrogen-bond donors (Lipinski definition) is 0. The van der Waals surface area contributed by atoms with Gasteiger partial charge >= 0.3 is 5.63 Å². The van der Waals surface area contributed by atoms with Gasteiger partial charge in [-0.1, -0.05) is 18.2 Å². The van der Waals surface area contributed by atoms with Gasteiger partial charge in [0.2, 0.25) is 0 Å². The predicted molar refractivity (Wildman–Crippen MR) is 88.9 cm³/mol. The predicted octanol–water partition coefficient (Wildman–Crippen LogP) is 2.72. The summed E-state index contributed by atoms with van der Waals surface area (Å²) in [7, 11) is 3.34. The lowest BCUT2D eigenvalue weighted by atomic mass is 10.0. The molecule has 1 amide bonds. The van der Waals surface area contributed by atoms with Crippen molar-refractivity contribution < 1.29 is 13.9 Å². The summed E-state index contributed by atoms with van der Waals surface area (Å²) < 4.78 is 11.0. The molecule has 0 bridgehead atoms. The van der Waals surface area contributed by atoms with Crippen LogP contribution < -0.4 is 10.4 Å². The molecule has 0 saturated heterocycles. The number of benzene rings is 2. The van der Waals surface area contributed by atoms with E-state index >= 15 is 0 Å². The Kier molecular flexibility index (Phi) is 3.78. The lowest BCUT2D eigenvalue weighted by Crippen LogP contribution is -2.27. The highest BCUT2D eigenvalue weighted by Gasteiger charge is 2.13. The topological polar surface area (TPSA) is 59.8 Å². The van der Waals surface area contributed by atoms with Crippen molar-refractivity contribution in [3.63, 3.8) is 0 Å². The number of hydrogen-bond acceptors (Lipinski definition) is 4. The average molecular weight is 311 g/mol. The van der Waals surface area contributed by atoms with Crippen molar-refractivity contribution in [2.75, 3.05) is 20.7 Å². The van der Waals surface area contributed by atoms with Crippen LogP contribution in [0.5, 0.6) is 5.75 Å². The number of carbonyl (C=O) groups is 1. The summed E-state index contributed by atoms with van der Waals surface area (Å²) in [5, 5.41) is 2.25. The molecule has 0 atom stereocenters. The smallest absolute Gasteiger partial charge is 0.344 e. The zero-order valence-electron chi connectivity index (χ0n) is 13.3. The fourth-order valence-corrected chi connectivity index (χ4v) is 2.49. The zero-order valence-corrected chi connectivity index (χ0v) is 13.3. The molecule has 5 nitrogen and oxygen atoms in total. The lowest BCUT2D eigenvalue weighted by molar-refractivity contribution is -0.130. The Balaban J connectivity index is 2.11. The number of likely N-dealkylation sites (N-methyl/N-ethyl adjacent to an activating group) is 1.